The summed E-state index contributed by atoms with van der Waals surface area (Å²) in [6, 6.07) is 12.6. The van der Waals surface area contributed by atoms with Crippen molar-refractivity contribution < 1.29 is 18.0 Å². The van der Waals surface area contributed by atoms with Crippen LogP contribution in [0.2, 0.25) is 0 Å². The van der Waals surface area contributed by atoms with E-state index in [-0.39, 0.29) is 5.78 Å². The van der Waals surface area contributed by atoms with Crippen LogP contribution in [0.25, 0.3) is 11.0 Å². The number of fused-ring (bicyclic) bond motifs is 1. The smallest absolute Gasteiger partial charge is 0.331 e. The molecule has 0 aliphatic carbocycles. The second-order valence-corrected chi connectivity index (χ2v) is 6.98. The number of hydrogen-bond acceptors (Lipinski definition) is 4. The van der Waals surface area contributed by atoms with Gasteiger partial charge in [0, 0.05) is 5.92 Å². The Morgan fingerprint density at radius 3 is 2.71 bits per heavy atom. The Balaban J connectivity index is 1.74. The van der Waals surface area contributed by atoms with Crippen molar-refractivity contribution >= 4 is 22.8 Å². The number of benzene rings is 2. The van der Waals surface area contributed by atoms with Gasteiger partial charge in [0.15, 0.2) is 11.4 Å². The first-order valence-electron chi connectivity index (χ1n) is 8.96. The van der Waals surface area contributed by atoms with Gasteiger partial charge >= 0.3 is 6.18 Å². The van der Waals surface area contributed by atoms with Crippen LogP contribution in [0.5, 0.6) is 0 Å². The third-order valence-electron chi connectivity index (χ3n) is 5.24. The first-order valence-corrected chi connectivity index (χ1v) is 8.96. The van der Waals surface area contributed by atoms with Crippen molar-refractivity contribution in [3.63, 3.8) is 0 Å². The summed E-state index contributed by atoms with van der Waals surface area (Å²) in [6.07, 6.45) is -3.92. The zero-order valence-electron chi connectivity index (χ0n) is 15.1. The molecule has 3 aromatic rings. The van der Waals surface area contributed by atoms with Crippen LogP contribution in [-0.2, 0) is 11.0 Å². The van der Waals surface area contributed by atoms with Gasteiger partial charge in [0.1, 0.15) is 0 Å². The quantitative estimate of drug-likeness (QED) is 0.631. The summed E-state index contributed by atoms with van der Waals surface area (Å²) < 4.78 is 39.5. The van der Waals surface area contributed by atoms with Crippen LogP contribution < -0.4 is 10.6 Å². The molecule has 1 unspecified atom stereocenters. The van der Waals surface area contributed by atoms with E-state index in [9.17, 15) is 18.0 Å². The average Bonchev–Trinajstić information content (AvgIpc) is 3.25. The fraction of sp³-hybridized carbons (Fsp3) is 0.300. The fourth-order valence-corrected chi connectivity index (χ4v) is 3.89. The molecule has 1 aromatic heterocycles. The van der Waals surface area contributed by atoms with Crippen molar-refractivity contribution in [3.05, 3.63) is 59.7 Å². The Morgan fingerprint density at radius 1 is 1.21 bits per heavy atom. The second-order valence-electron chi connectivity index (χ2n) is 6.98. The number of aromatic amines is 1. The van der Waals surface area contributed by atoms with Crippen LogP contribution in [0.1, 0.15) is 30.4 Å². The van der Waals surface area contributed by atoms with Crippen LogP contribution in [0, 0.1) is 0 Å². The number of nitrogens with one attached hydrogen (secondary N) is 3. The van der Waals surface area contributed by atoms with Gasteiger partial charge in [-0.15, -0.1) is 0 Å². The van der Waals surface area contributed by atoms with Crippen molar-refractivity contribution in [2.45, 2.75) is 31.1 Å². The summed E-state index contributed by atoms with van der Waals surface area (Å²) in [7, 11) is 0. The second kappa shape index (κ2) is 6.63. The van der Waals surface area contributed by atoms with Crippen LogP contribution in [0.4, 0.5) is 19.1 Å². The summed E-state index contributed by atoms with van der Waals surface area (Å²) in [4.78, 5) is 20.2. The van der Waals surface area contributed by atoms with Gasteiger partial charge in [0.05, 0.1) is 16.6 Å². The van der Waals surface area contributed by atoms with Crippen LogP contribution in [-0.4, -0.2) is 28.0 Å². The number of hydrogen-bond donors (Lipinski definition) is 3. The number of halogens is 3. The molecule has 1 aliphatic rings. The van der Waals surface area contributed by atoms with Gasteiger partial charge in [0.25, 0.3) is 0 Å². The number of Topliss-reactive ketones (excluding diaryl/α,β-unsaturated/α-hetero) is 1. The van der Waals surface area contributed by atoms with E-state index in [0.29, 0.717) is 24.5 Å². The fourth-order valence-electron chi connectivity index (χ4n) is 3.89. The van der Waals surface area contributed by atoms with Crippen molar-refractivity contribution in [2.75, 3.05) is 11.9 Å². The number of H-pyrrole nitrogens is 1. The van der Waals surface area contributed by atoms with E-state index in [0.717, 1.165) is 23.2 Å². The Kier molecular flexibility index (Phi) is 4.38. The number of carbonyl (C=O) groups excluding carboxylic acids is 1. The number of alkyl halides is 3. The molecule has 0 amide bonds. The normalized spacial score (nSPS) is 22.5. The summed E-state index contributed by atoms with van der Waals surface area (Å²) >= 11 is 0. The van der Waals surface area contributed by atoms with Gasteiger partial charge in [-0.25, -0.2) is 4.98 Å². The molecule has 146 valence electrons. The third kappa shape index (κ3) is 3.13. The van der Waals surface area contributed by atoms with E-state index in [1.54, 1.807) is 6.07 Å². The van der Waals surface area contributed by atoms with Crippen molar-refractivity contribution in [1.29, 1.82) is 0 Å². The lowest BCUT2D eigenvalue weighted by molar-refractivity contribution is -0.137. The monoisotopic (exact) mass is 388 g/mol. The lowest BCUT2D eigenvalue weighted by Gasteiger charge is -2.34. The molecule has 3 N–H and O–H groups in total. The van der Waals surface area contributed by atoms with Crippen LogP contribution >= 0.6 is 0 Å². The maximum atomic E-state index is 13.2. The number of ketones is 1. The minimum atomic E-state index is -4.44. The Hall–Kier alpha value is -2.87. The van der Waals surface area contributed by atoms with Gasteiger partial charge in [-0.2, -0.15) is 13.2 Å². The zero-order valence-corrected chi connectivity index (χ0v) is 15.1. The Bertz CT molecular complexity index is 996. The van der Waals surface area contributed by atoms with Crippen molar-refractivity contribution in [2.24, 2.45) is 0 Å². The molecule has 1 aliphatic heterocycles. The molecule has 5 nitrogen and oxygen atoms in total. The SMILES string of the molecule is CC(=O)[C@@]1(Nc2nc3ccccc3[nH]2)NCCC1c1cccc(C(F)(F)F)c1. The van der Waals surface area contributed by atoms with E-state index in [2.05, 4.69) is 20.6 Å². The highest BCUT2D eigenvalue weighted by Gasteiger charge is 2.48. The molecular formula is C20H19F3N4O. The van der Waals surface area contributed by atoms with Crippen LogP contribution in [0.3, 0.4) is 0 Å². The Morgan fingerprint density at radius 2 is 2.00 bits per heavy atom. The third-order valence-corrected chi connectivity index (χ3v) is 5.24. The summed E-state index contributed by atoms with van der Waals surface area (Å²) in [5.41, 5.74) is 0.0318. The van der Waals surface area contributed by atoms with E-state index < -0.39 is 23.3 Å². The molecule has 0 spiro atoms. The molecule has 0 radical (unpaired) electrons. The van der Waals surface area contributed by atoms with Crippen molar-refractivity contribution in [3.8, 4) is 0 Å². The molecule has 1 saturated heterocycles. The minimum absolute atomic E-state index is 0.215. The number of para-hydroxylation sites is 2. The predicted molar refractivity (Wildman–Crippen MR) is 99.9 cm³/mol. The molecule has 0 saturated carbocycles. The number of carbonyl (C=O) groups is 1. The lowest BCUT2D eigenvalue weighted by atomic mass is 9.83. The highest BCUT2D eigenvalue weighted by Crippen LogP contribution is 2.39. The first-order chi connectivity index (χ1) is 13.3. The number of aromatic nitrogens is 2. The molecule has 2 heterocycles. The zero-order chi connectivity index (χ0) is 19.9. The summed E-state index contributed by atoms with van der Waals surface area (Å²) in [5, 5.41) is 6.31. The van der Waals surface area contributed by atoms with Gasteiger partial charge in [0.2, 0.25) is 5.95 Å². The molecule has 28 heavy (non-hydrogen) atoms. The number of anilines is 1. The largest absolute Gasteiger partial charge is 0.416 e. The first kappa shape index (κ1) is 18.5. The van der Waals surface area contributed by atoms with Gasteiger partial charge in [-0.05, 0) is 43.7 Å². The topological polar surface area (TPSA) is 69.8 Å². The van der Waals surface area contributed by atoms with Crippen LogP contribution in [0.15, 0.2) is 48.5 Å². The standard InChI is InChI=1S/C20H19F3N4O/c1-12(28)19(27-18-25-16-7-2-3-8-17(16)26-18)15(9-10-24-19)13-5-4-6-14(11-13)20(21,22)23/h2-8,11,15,24H,9-10H2,1H3,(H2,25,26,27)/t15?,19-/m0/s1. The van der Waals surface area contributed by atoms with Crippen molar-refractivity contribution in [1.82, 2.24) is 15.3 Å². The lowest BCUT2D eigenvalue weighted by Crippen LogP contribution is -2.57. The van der Waals surface area contributed by atoms with E-state index in [1.807, 2.05) is 24.3 Å². The van der Waals surface area contributed by atoms with E-state index in [4.69, 9.17) is 0 Å². The highest BCUT2D eigenvalue weighted by molar-refractivity contribution is 5.91. The molecule has 4 rings (SSSR count). The number of nitrogens with zero attached hydrogens (tertiary/aromatic N) is 1. The molecule has 0 bridgehead atoms. The molecular weight excluding hydrogens is 369 g/mol. The van der Waals surface area contributed by atoms with Gasteiger partial charge < -0.3 is 10.3 Å². The molecule has 1 fully saturated rings. The van der Waals surface area contributed by atoms with Gasteiger partial charge in [-0.1, -0.05) is 30.3 Å². The Labute approximate surface area is 159 Å². The maximum absolute atomic E-state index is 13.2. The van der Waals surface area contributed by atoms with E-state index in [1.165, 1.54) is 13.0 Å². The molecule has 2 aromatic carbocycles. The minimum Gasteiger partial charge on any atom is -0.331 e. The van der Waals surface area contributed by atoms with E-state index >= 15 is 0 Å². The maximum Gasteiger partial charge on any atom is 0.416 e. The average molecular weight is 388 g/mol. The number of rotatable bonds is 4. The highest BCUT2D eigenvalue weighted by atomic mass is 19.4. The molecule has 8 heteroatoms. The molecule has 2 atom stereocenters. The predicted octanol–water partition coefficient (Wildman–Crippen LogP) is 4.06. The number of imidazole rings is 1. The summed E-state index contributed by atoms with van der Waals surface area (Å²) in [5.74, 6) is -0.295. The van der Waals surface area contributed by atoms with Gasteiger partial charge in [-0.3, -0.25) is 10.1 Å². The summed E-state index contributed by atoms with van der Waals surface area (Å²) in [6.45, 7) is 1.92.